The van der Waals surface area contributed by atoms with Crippen LogP contribution < -0.4 is 0 Å². The van der Waals surface area contributed by atoms with E-state index in [9.17, 15) is 9.90 Å². The predicted octanol–water partition coefficient (Wildman–Crippen LogP) is 3.05. The number of nitrogens with zero attached hydrogens (tertiary/aromatic N) is 2. The van der Waals surface area contributed by atoms with Crippen LogP contribution in [0.25, 0.3) is 0 Å². The molecule has 1 N–H and O–H groups in total. The summed E-state index contributed by atoms with van der Waals surface area (Å²) >= 11 is 0. The Hall–Kier alpha value is -2.20. The lowest BCUT2D eigenvalue weighted by atomic mass is 10.0. The van der Waals surface area contributed by atoms with Crippen molar-refractivity contribution < 1.29 is 9.90 Å². The lowest BCUT2D eigenvalue weighted by molar-refractivity contribution is -0.131. The van der Waals surface area contributed by atoms with Gasteiger partial charge in [0.15, 0.2) is 0 Å². The topological polar surface area (TPSA) is 53.4 Å². The zero-order valence-electron chi connectivity index (χ0n) is 14.1. The van der Waals surface area contributed by atoms with Crippen molar-refractivity contribution in [1.29, 1.82) is 0 Å². The third-order valence-corrected chi connectivity index (χ3v) is 4.71. The molecule has 4 nitrogen and oxygen atoms in total. The average molecular weight is 324 g/mol. The van der Waals surface area contributed by atoms with Crippen LogP contribution in [-0.2, 0) is 11.2 Å². The maximum absolute atomic E-state index is 12.6. The van der Waals surface area contributed by atoms with Crippen molar-refractivity contribution in [1.82, 2.24) is 9.88 Å². The maximum atomic E-state index is 12.6. The SMILES string of the molecule is Cc1ccc(CC(=O)N2CCC[C@H]2C[C@H](O)c2ccccc2)cn1. The highest BCUT2D eigenvalue weighted by Crippen LogP contribution is 2.27. The number of hydrogen-bond donors (Lipinski definition) is 1. The van der Waals surface area contributed by atoms with Crippen LogP contribution in [0.3, 0.4) is 0 Å². The van der Waals surface area contributed by atoms with Crippen molar-refractivity contribution in [2.24, 2.45) is 0 Å². The van der Waals surface area contributed by atoms with Crippen LogP contribution in [-0.4, -0.2) is 33.5 Å². The fourth-order valence-corrected chi connectivity index (χ4v) is 3.36. The standard InChI is InChI=1S/C20H24N2O2/c1-15-9-10-16(14-21-15)12-20(24)22-11-5-8-18(22)13-19(23)17-6-3-2-4-7-17/h2-4,6-7,9-10,14,18-19,23H,5,8,11-13H2,1H3/t18-,19-/m0/s1. The van der Waals surface area contributed by atoms with E-state index in [1.807, 2.05) is 54.3 Å². The molecule has 1 aliphatic rings. The molecule has 4 heteroatoms. The molecular weight excluding hydrogens is 300 g/mol. The van der Waals surface area contributed by atoms with Gasteiger partial charge in [-0.1, -0.05) is 36.4 Å². The number of aromatic nitrogens is 1. The van der Waals surface area contributed by atoms with Gasteiger partial charge in [0.2, 0.25) is 5.91 Å². The average Bonchev–Trinajstić information content (AvgIpc) is 3.06. The van der Waals surface area contributed by atoms with E-state index in [-0.39, 0.29) is 11.9 Å². The number of rotatable bonds is 5. The van der Waals surface area contributed by atoms with Gasteiger partial charge in [-0.25, -0.2) is 0 Å². The van der Waals surface area contributed by atoms with Crippen LogP contribution in [0.5, 0.6) is 0 Å². The Kier molecular flexibility index (Phi) is 5.26. The normalized spacial score (nSPS) is 18.6. The van der Waals surface area contributed by atoms with E-state index >= 15 is 0 Å². The highest BCUT2D eigenvalue weighted by Gasteiger charge is 2.30. The zero-order chi connectivity index (χ0) is 16.9. The summed E-state index contributed by atoms with van der Waals surface area (Å²) in [5, 5.41) is 10.5. The number of aliphatic hydroxyl groups excluding tert-OH is 1. The highest BCUT2D eigenvalue weighted by molar-refractivity contribution is 5.79. The van der Waals surface area contributed by atoms with Gasteiger partial charge in [0.1, 0.15) is 0 Å². The molecule has 1 aromatic heterocycles. The Morgan fingerprint density at radius 3 is 2.79 bits per heavy atom. The van der Waals surface area contributed by atoms with E-state index in [1.54, 1.807) is 6.20 Å². The molecule has 0 spiro atoms. The van der Waals surface area contributed by atoms with Crippen LogP contribution in [0, 0.1) is 6.92 Å². The summed E-state index contributed by atoms with van der Waals surface area (Å²) in [7, 11) is 0. The molecule has 2 atom stereocenters. The molecule has 0 radical (unpaired) electrons. The van der Waals surface area contributed by atoms with E-state index in [4.69, 9.17) is 0 Å². The number of amides is 1. The molecule has 1 aliphatic heterocycles. The summed E-state index contributed by atoms with van der Waals surface area (Å²) in [5.41, 5.74) is 2.82. The molecule has 1 fully saturated rings. The quantitative estimate of drug-likeness (QED) is 0.920. The van der Waals surface area contributed by atoms with Gasteiger partial charge >= 0.3 is 0 Å². The molecule has 0 saturated carbocycles. The second-order valence-electron chi connectivity index (χ2n) is 6.53. The summed E-state index contributed by atoms with van der Waals surface area (Å²) in [6.07, 6.45) is 4.20. The van der Waals surface area contributed by atoms with Crippen molar-refractivity contribution in [3.05, 3.63) is 65.5 Å². The number of carbonyl (C=O) groups excluding carboxylic acids is 1. The Balaban J connectivity index is 1.62. The van der Waals surface area contributed by atoms with Crippen LogP contribution in [0.2, 0.25) is 0 Å². The Labute approximate surface area is 143 Å². The van der Waals surface area contributed by atoms with Crippen molar-refractivity contribution in [3.8, 4) is 0 Å². The first-order chi connectivity index (χ1) is 11.6. The summed E-state index contributed by atoms with van der Waals surface area (Å²) in [4.78, 5) is 18.8. The number of aryl methyl sites for hydroxylation is 1. The van der Waals surface area contributed by atoms with Crippen molar-refractivity contribution in [2.45, 2.75) is 44.8 Å². The minimum atomic E-state index is -0.523. The molecule has 0 bridgehead atoms. The largest absolute Gasteiger partial charge is 0.388 e. The monoisotopic (exact) mass is 324 g/mol. The van der Waals surface area contributed by atoms with Crippen molar-refractivity contribution in [2.75, 3.05) is 6.54 Å². The van der Waals surface area contributed by atoms with Crippen molar-refractivity contribution >= 4 is 5.91 Å². The first-order valence-electron chi connectivity index (χ1n) is 8.57. The molecule has 24 heavy (non-hydrogen) atoms. The van der Waals surface area contributed by atoms with Crippen LogP contribution >= 0.6 is 0 Å². The fourth-order valence-electron chi connectivity index (χ4n) is 3.36. The molecule has 2 heterocycles. The van der Waals surface area contributed by atoms with E-state index in [0.717, 1.165) is 36.2 Å². The van der Waals surface area contributed by atoms with Gasteiger partial charge in [0, 0.05) is 24.5 Å². The highest BCUT2D eigenvalue weighted by atomic mass is 16.3. The van der Waals surface area contributed by atoms with E-state index in [2.05, 4.69) is 4.98 Å². The lowest BCUT2D eigenvalue weighted by Crippen LogP contribution is -2.37. The molecule has 126 valence electrons. The Bertz CT molecular complexity index is 670. The number of hydrogen-bond acceptors (Lipinski definition) is 3. The maximum Gasteiger partial charge on any atom is 0.227 e. The minimum Gasteiger partial charge on any atom is -0.388 e. The van der Waals surface area contributed by atoms with E-state index in [1.165, 1.54) is 0 Å². The second kappa shape index (κ2) is 7.58. The van der Waals surface area contributed by atoms with Gasteiger partial charge in [0.05, 0.1) is 12.5 Å². The van der Waals surface area contributed by atoms with Gasteiger partial charge < -0.3 is 10.0 Å². The number of benzene rings is 1. The van der Waals surface area contributed by atoms with E-state index < -0.39 is 6.10 Å². The molecule has 1 saturated heterocycles. The third-order valence-electron chi connectivity index (χ3n) is 4.71. The smallest absolute Gasteiger partial charge is 0.227 e. The van der Waals surface area contributed by atoms with Crippen LogP contribution in [0.1, 0.15) is 42.2 Å². The lowest BCUT2D eigenvalue weighted by Gasteiger charge is -2.27. The second-order valence-corrected chi connectivity index (χ2v) is 6.53. The molecule has 3 rings (SSSR count). The number of aliphatic hydroxyl groups is 1. The first-order valence-corrected chi connectivity index (χ1v) is 8.57. The van der Waals surface area contributed by atoms with Crippen molar-refractivity contribution in [3.63, 3.8) is 0 Å². The van der Waals surface area contributed by atoms with Gasteiger partial charge in [0.25, 0.3) is 0 Å². The Morgan fingerprint density at radius 1 is 1.29 bits per heavy atom. The molecule has 0 aliphatic carbocycles. The first kappa shape index (κ1) is 16.7. The van der Waals surface area contributed by atoms with Gasteiger partial charge in [-0.05, 0) is 43.4 Å². The Morgan fingerprint density at radius 2 is 2.08 bits per heavy atom. The molecule has 1 amide bonds. The number of pyridine rings is 1. The van der Waals surface area contributed by atoms with Gasteiger partial charge in [-0.2, -0.15) is 0 Å². The number of carbonyl (C=O) groups is 1. The number of likely N-dealkylation sites (tertiary alicyclic amines) is 1. The molecule has 1 aromatic carbocycles. The summed E-state index contributed by atoms with van der Waals surface area (Å²) < 4.78 is 0. The predicted molar refractivity (Wildman–Crippen MR) is 93.4 cm³/mol. The van der Waals surface area contributed by atoms with E-state index in [0.29, 0.717) is 12.8 Å². The molecule has 2 aromatic rings. The fraction of sp³-hybridized carbons (Fsp3) is 0.400. The summed E-state index contributed by atoms with van der Waals surface area (Å²) in [5.74, 6) is 0.128. The van der Waals surface area contributed by atoms with Crippen LogP contribution in [0.15, 0.2) is 48.7 Å². The molecule has 0 unspecified atom stereocenters. The van der Waals surface area contributed by atoms with Crippen LogP contribution in [0.4, 0.5) is 0 Å². The molecular formula is C20H24N2O2. The third kappa shape index (κ3) is 4.01. The summed E-state index contributed by atoms with van der Waals surface area (Å²) in [6.45, 7) is 2.72. The van der Waals surface area contributed by atoms with Gasteiger partial charge in [-0.15, -0.1) is 0 Å². The van der Waals surface area contributed by atoms with Gasteiger partial charge in [-0.3, -0.25) is 9.78 Å². The minimum absolute atomic E-state index is 0.117. The summed E-state index contributed by atoms with van der Waals surface area (Å²) in [6, 6.07) is 13.7. The zero-order valence-corrected chi connectivity index (χ0v) is 14.1.